The van der Waals surface area contributed by atoms with Gasteiger partial charge in [0.15, 0.2) is 11.6 Å². The van der Waals surface area contributed by atoms with Gasteiger partial charge in [-0.1, -0.05) is 11.6 Å². The normalized spacial score (nSPS) is 18.3. The molecule has 0 aliphatic carbocycles. The molecule has 1 aliphatic heterocycles. The van der Waals surface area contributed by atoms with Gasteiger partial charge < -0.3 is 20.1 Å². The lowest BCUT2D eigenvalue weighted by Crippen LogP contribution is -2.36. The molecule has 1 amide bonds. The molecule has 1 unspecified atom stereocenters. The van der Waals surface area contributed by atoms with Gasteiger partial charge >= 0.3 is 0 Å². The number of carbonyl (C=O) groups excluding carboxylic acids is 1. The van der Waals surface area contributed by atoms with E-state index in [9.17, 15) is 4.79 Å². The van der Waals surface area contributed by atoms with E-state index in [1.54, 1.807) is 30.0 Å². The number of nitrogens with two attached hydrogens (primary N) is 1. The number of carbonyl (C=O) groups is 1. The molecule has 1 aromatic carbocycles. The van der Waals surface area contributed by atoms with Crippen molar-refractivity contribution in [3.63, 3.8) is 0 Å². The van der Waals surface area contributed by atoms with Crippen molar-refractivity contribution in [2.24, 2.45) is 5.73 Å². The summed E-state index contributed by atoms with van der Waals surface area (Å²) in [6.45, 7) is 2.10. The number of benzene rings is 1. The second-order valence-electron chi connectivity index (χ2n) is 5.88. The largest absolute Gasteiger partial charge is 0.494 e. The van der Waals surface area contributed by atoms with Crippen molar-refractivity contribution in [1.82, 2.24) is 19.7 Å². The summed E-state index contributed by atoms with van der Waals surface area (Å²) in [6, 6.07) is 5.22. The van der Waals surface area contributed by atoms with E-state index >= 15 is 0 Å². The number of rotatable bonds is 5. The zero-order chi connectivity index (χ0) is 18.0. The highest BCUT2D eigenvalue weighted by molar-refractivity contribution is 6.30. The fraction of sp³-hybridized carbons (Fsp3) is 0.438. The van der Waals surface area contributed by atoms with Crippen LogP contribution in [0, 0.1) is 0 Å². The van der Waals surface area contributed by atoms with Crippen LogP contribution >= 0.6 is 11.6 Å². The third-order valence-corrected chi connectivity index (χ3v) is 4.17. The van der Waals surface area contributed by atoms with E-state index < -0.39 is 5.91 Å². The van der Waals surface area contributed by atoms with Crippen molar-refractivity contribution >= 4 is 17.5 Å². The van der Waals surface area contributed by atoms with Gasteiger partial charge in [-0.05, 0) is 25.2 Å². The molecule has 0 saturated carbocycles. The number of hydrogen-bond acceptors (Lipinski definition) is 6. The number of halogens is 1. The summed E-state index contributed by atoms with van der Waals surface area (Å²) >= 11 is 6.15. The van der Waals surface area contributed by atoms with Gasteiger partial charge in [0.25, 0.3) is 0 Å². The lowest BCUT2D eigenvalue weighted by Gasteiger charge is -2.29. The van der Waals surface area contributed by atoms with Crippen molar-refractivity contribution in [3.8, 4) is 11.4 Å². The third-order valence-electron chi connectivity index (χ3n) is 3.93. The second kappa shape index (κ2) is 7.38. The van der Waals surface area contributed by atoms with Crippen molar-refractivity contribution in [2.45, 2.75) is 12.5 Å². The fourth-order valence-electron chi connectivity index (χ4n) is 2.75. The Morgan fingerprint density at radius 1 is 1.52 bits per heavy atom. The molecule has 1 aliphatic rings. The molecule has 0 spiro atoms. The van der Waals surface area contributed by atoms with Gasteiger partial charge in [0.05, 0.1) is 20.1 Å². The molecule has 1 atom stereocenters. The van der Waals surface area contributed by atoms with E-state index in [0.717, 1.165) is 6.54 Å². The van der Waals surface area contributed by atoms with E-state index in [2.05, 4.69) is 15.0 Å². The van der Waals surface area contributed by atoms with Crippen molar-refractivity contribution in [1.29, 1.82) is 0 Å². The van der Waals surface area contributed by atoms with Crippen LogP contribution in [0.3, 0.4) is 0 Å². The summed E-state index contributed by atoms with van der Waals surface area (Å²) < 4.78 is 12.9. The number of ether oxygens (including phenoxy) is 2. The maximum Gasteiger partial charge on any atom is 0.225 e. The zero-order valence-corrected chi connectivity index (χ0v) is 14.9. The minimum atomic E-state index is -0.497. The number of nitrogens with zero attached hydrogens (tertiary/aromatic N) is 4. The van der Waals surface area contributed by atoms with E-state index in [1.165, 1.54) is 0 Å². The minimum Gasteiger partial charge on any atom is -0.494 e. The number of aromatic nitrogens is 3. The molecule has 1 fully saturated rings. The first-order chi connectivity index (χ1) is 12.0. The van der Waals surface area contributed by atoms with E-state index in [0.29, 0.717) is 41.3 Å². The van der Waals surface area contributed by atoms with Crippen LogP contribution in [0.5, 0.6) is 5.75 Å². The van der Waals surface area contributed by atoms with Crippen LogP contribution in [0.25, 0.3) is 5.69 Å². The summed E-state index contributed by atoms with van der Waals surface area (Å²) in [5.41, 5.74) is 5.92. The Kier molecular flexibility index (Phi) is 5.22. The average molecular weight is 366 g/mol. The molecule has 3 rings (SSSR count). The number of hydrogen-bond donors (Lipinski definition) is 1. The molecule has 0 bridgehead atoms. The van der Waals surface area contributed by atoms with Gasteiger partial charge in [0.2, 0.25) is 5.91 Å². The van der Waals surface area contributed by atoms with E-state index in [-0.39, 0.29) is 12.5 Å². The molecular weight excluding hydrogens is 346 g/mol. The van der Waals surface area contributed by atoms with Crippen LogP contribution < -0.4 is 10.5 Å². The standard InChI is InChI=1S/C16H20ClN5O3/c1-21-5-6-25-13(9-21)16-19-15(8-14(18)23)20-22(16)11-7-10(17)3-4-12(11)24-2/h3-4,7,13H,5-6,8-9H2,1-2H3,(H2,18,23). The first kappa shape index (κ1) is 17.7. The van der Waals surface area contributed by atoms with Crippen molar-refractivity contribution in [2.75, 3.05) is 33.9 Å². The summed E-state index contributed by atoms with van der Waals surface area (Å²) in [7, 11) is 3.58. The molecule has 1 saturated heterocycles. The highest BCUT2D eigenvalue weighted by atomic mass is 35.5. The lowest BCUT2D eigenvalue weighted by molar-refractivity contribution is -0.117. The van der Waals surface area contributed by atoms with Crippen molar-refractivity contribution in [3.05, 3.63) is 34.9 Å². The number of likely N-dealkylation sites (N-methyl/N-ethyl adjacent to an activating group) is 1. The number of amides is 1. The van der Waals surface area contributed by atoms with Crippen molar-refractivity contribution < 1.29 is 14.3 Å². The fourth-order valence-corrected chi connectivity index (χ4v) is 2.91. The van der Waals surface area contributed by atoms with Crippen LogP contribution in [-0.4, -0.2) is 59.4 Å². The quantitative estimate of drug-likeness (QED) is 0.848. The van der Waals surface area contributed by atoms with Gasteiger partial charge in [0, 0.05) is 18.1 Å². The summed E-state index contributed by atoms with van der Waals surface area (Å²) in [5.74, 6) is 1.01. The number of methoxy groups -OCH3 is 1. The topological polar surface area (TPSA) is 95.5 Å². The van der Waals surface area contributed by atoms with Gasteiger partial charge in [0.1, 0.15) is 17.5 Å². The number of primary amides is 1. The summed E-state index contributed by atoms with van der Waals surface area (Å²) in [6.07, 6.45) is -0.331. The molecule has 1 aromatic heterocycles. The SMILES string of the molecule is COc1ccc(Cl)cc1-n1nc(CC(N)=O)nc1C1CN(C)CCO1. The Labute approximate surface area is 150 Å². The summed E-state index contributed by atoms with van der Waals surface area (Å²) in [5, 5.41) is 4.98. The van der Waals surface area contributed by atoms with Crippen LogP contribution in [0.4, 0.5) is 0 Å². The minimum absolute atomic E-state index is 0.0502. The molecule has 2 N–H and O–H groups in total. The summed E-state index contributed by atoms with van der Waals surface area (Å²) in [4.78, 5) is 17.9. The lowest BCUT2D eigenvalue weighted by atomic mass is 10.2. The Morgan fingerprint density at radius 2 is 2.32 bits per heavy atom. The molecule has 8 nitrogen and oxygen atoms in total. The molecule has 0 radical (unpaired) electrons. The Hall–Kier alpha value is -2.16. The van der Waals surface area contributed by atoms with E-state index in [4.69, 9.17) is 26.8 Å². The molecule has 2 heterocycles. The predicted molar refractivity (Wildman–Crippen MR) is 92.0 cm³/mol. The Balaban J connectivity index is 2.09. The maximum absolute atomic E-state index is 11.3. The number of morpholine rings is 1. The van der Waals surface area contributed by atoms with Gasteiger partial charge in [-0.15, -0.1) is 0 Å². The smallest absolute Gasteiger partial charge is 0.225 e. The highest BCUT2D eigenvalue weighted by Crippen LogP contribution is 2.30. The van der Waals surface area contributed by atoms with Gasteiger partial charge in [-0.3, -0.25) is 4.79 Å². The second-order valence-corrected chi connectivity index (χ2v) is 6.32. The van der Waals surface area contributed by atoms with Crippen LogP contribution in [0.2, 0.25) is 5.02 Å². The predicted octanol–water partition coefficient (Wildman–Crippen LogP) is 0.960. The van der Waals surface area contributed by atoms with Crippen LogP contribution in [-0.2, 0) is 16.0 Å². The van der Waals surface area contributed by atoms with Crippen LogP contribution in [0.1, 0.15) is 17.8 Å². The third kappa shape index (κ3) is 3.92. The maximum atomic E-state index is 11.3. The van der Waals surface area contributed by atoms with Crippen LogP contribution in [0.15, 0.2) is 18.2 Å². The molecule has 25 heavy (non-hydrogen) atoms. The van der Waals surface area contributed by atoms with E-state index in [1.807, 2.05) is 7.05 Å². The first-order valence-electron chi connectivity index (χ1n) is 7.86. The monoisotopic (exact) mass is 365 g/mol. The Morgan fingerprint density at radius 3 is 3.00 bits per heavy atom. The van der Waals surface area contributed by atoms with Gasteiger partial charge in [-0.2, -0.15) is 5.10 Å². The molecule has 134 valence electrons. The molecule has 2 aromatic rings. The average Bonchev–Trinajstić information content (AvgIpc) is 2.97. The molecular formula is C16H20ClN5O3. The first-order valence-corrected chi connectivity index (χ1v) is 8.24. The zero-order valence-electron chi connectivity index (χ0n) is 14.1. The van der Waals surface area contributed by atoms with Gasteiger partial charge in [-0.25, -0.2) is 9.67 Å². The highest BCUT2D eigenvalue weighted by Gasteiger charge is 2.27. The molecule has 9 heteroatoms. The Bertz CT molecular complexity index is 779.